The minimum atomic E-state index is -0.451. The minimum Gasteiger partial charge on any atom is -0.372 e. The molecule has 2 fully saturated rings. The molecule has 3 atom stereocenters. The van der Waals surface area contributed by atoms with Crippen molar-refractivity contribution in [3.05, 3.63) is 27.8 Å². The number of morpholine rings is 1. The van der Waals surface area contributed by atoms with E-state index in [4.69, 9.17) is 17.0 Å². The summed E-state index contributed by atoms with van der Waals surface area (Å²) in [5.41, 5.74) is 0.623. The SMILES string of the molecule is C[C@@H]1CN(C(=S)S[C@H]2CC(=O)N(c3ccc(I)cc3)C2=O)C[C@@H](C)O1. The van der Waals surface area contributed by atoms with E-state index in [2.05, 4.69) is 27.5 Å². The Balaban J connectivity index is 1.68. The molecule has 0 aliphatic carbocycles. The summed E-state index contributed by atoms with van der Waals surface area (Å²) in [5, 5.41) is -0.451. The highest BCUT2D eigenvalue weighted by Crippen LogP contribution is 2.32. The highest BCUT2D eigenvalue weighted by Gasteiger charge is 2.41. The Morgan fingerprint density at radius 1 is 1.20 bits per heavy atom. The molecule has 0 radical (unpaired) electrons. The molecule has 0 bridgehead atoms. The Labute approximate surface area is 170 Å². The molecular weight excluding hydrogens is 471 g/mol. The molecule has 0 unspecified atom stereocenters. The number of anilines is 1. The molecule has 2 aliphatic heterocycles. The van der Waals surface area contributed by atoms with Crippen molar-refractivity contribution < 1.29 is 14.3 Å². The predicted molar refractivity (Wildman–Crippen MR) is 112 cm³/mol. The number of imide groups is 1. The predicted octanol–water partition coefficient (Wildman–Crippen LogP) is 3.05. The summed E-state index contributed by atoms with van der Waals surface area (Å²) in [6.45, 7) is 5.45. The van der Waals surface area contributed by atoms with Crippen LogP contribution in [0.15, 0.2) is 24.3 Å². The van der Waals surface area contributed by atoms with Crippen molar-refractivity contribution in [1.82, 2.24) is 4.90 Å². The van der Waals surface area contributed by atoms with Crippen molar-refractivity contribution in [2.75, 3.05) is 18.0 Å². The van der Waals surface area contributed by atoms with Crippen LogP contribution in [0.5, 0.6) is 0 Å². The van der Waals surface area contributed by atoms with Crippen LogP contribution in [0, 0.1) is 3.57 Å². The minimum absolute atomic E-state index is 0.103. The van der Waals surface area contributed by atoms with E-state index < -0.39 is 5.25 Å². The van der Waals surface area contributed by atoms with Gasteiger partial charge in [0.15, 0.2) is 0 Å². The Morgan fingerprint density at radius 3 is 2.40 bits per heavy atom. The average molecular weight is 490 g/mol. The van der Waals surface area contributed by atoms with Crippen molar-refractivity contribution >= 4 is 68.4 Å². The molecule has 8 heteroatoms. The summed E-state index contributed by atoms with van der Waals surface area (Å²) in [7, 11) is 0. The van der Waals surface area contributed by atoms with Crippen molar-refractivity contribution in [3.8, 4) is 0 Å². The van der Waals surface area contributed by atoms with Gasteiger partial charge >= 0.3 is 0 Å². The lowest BCUT2D eigenvalue weighted by Gasteiger charge is -2.36. The van der Waals surface area contributed by atoms with Gasteiger partial charge in [-0.05, 0) is 60.7 Å². The standard InChI is InChI=1S/C17H19IN2O3S2/c1-10-8-19(9-11(2)23-10)17(24)25-14-7-15(21)20(16(14)22)13-5-3-12(18)4-6-13/h3-6,10-11,14H,7-9H2,1-2H3/t10-,11-,14+/m1/s1. The number of carbonyl (C=O) groups excluding carboxylic acids is 2. The number of carbonyl (C=O) groups is 2. The van der Waals surface area contributed by atoms with E-state index in [-0.39, 0.29) is 30.4 Å². The van der Waals surface area contributed by atoms with Gasteiger partial charge in [0, 0.05) is 23.1 Å². The quantitative estimate of drug-likeness (QED) is 0.361. The largest absolute Gasteiger partial charge is 0.372 e. The molecule has 3 rings (SSSR count). The first-order chi connectivity index (χ1) is 11.8. The third-order valence-corrected chi connectivity index (χ3v) is 6.49. The van der Waals surface area contributed by atoms with Crippen LogP contribution in [0.3, 0.4) is 0 Å². The van der Waals surface area contributed by atoms with Crippen molar-refractivity contribution in [2.24, 2.45) is 0 Å². The number of amides is 2. The normalized spacial score (nSPS) is 27.1. The highest BCUT2D eigenvalue weighted by atomic mass is 127. The zero-order valence-electron chi connectivity index (χ0n) is 14.0. The summed E-state index contributed by atoms with van der Waals surface area (Å²) in [5.74, 6) is -0.358. The monoisotopic (exact) mass is 490 g/mol. The van der Waals surface area contributed by atoms with E-state index in [0.717, 1.165) is 3.57 Å². The second-order valence-corrected chi connectivity index (χ2v) is 9.36. The Hall–Kier alpha value is -0.710. The first kappa shape index (κ1) is 19.1. The molecule has 0 spiro atoms. The molecule has 2 saturated heterocycles. The number of hydrogen-bond donors (Lipinski definition) is 0. The van der Waals surface area contributed by atoms with Crippen LogP contribution in [0.4, 0.5) is 5.69 Å². The van der Waals surface area contributed by atoms with Crippen LogP contribution in [-0.4, -0.2) is 51.6 Å². The first-order valence-electron chi connectivity index (χ1n) is 8.08. The Morgan fingerprint density at radius 2 is 1.80 bits per heavy atom. The van der Waals surface area contributed by atoms with Gasteiger partial charge in [-0.15, -0.1) is 0 Å². The van der Waals surface area contributed by atoms with Crippen LogP contribution >= 0.6 is 46.6 Å². The lowest BCUT2D eigenvalue weighted by atomic mass is 10.2. The van der Waals surface area contributed by atoms with Gasteiger partial charge in [-0.25, -0.2) is 4.90 Å². The van der Waals surface area contributed by atoms with Crippen molar-refractivity contribution in [1.29, 1.82) is 0 Å². The van der Waals surface area contributed by atoms with Crippen LogP contribution in [-0.2, 0) is 14.3 Å². The van der Waals surface area contributed by atoms with Crippen LogP contribution < -0.4 is 4.90 Å². The Bertz CT molecular complexity index is 688. The fourth-order valence-electron chi connectivity index (χ4n) is 3.08. The second kappa shape index (κ2) is 7.89. The molecule has 2 heterocycles. The van der Waals surface area contributed by atoms with E-state index in [1.807, 2.05) is 26.0 Å². The van der Waals surface area contributed by atoms with E-state index >= 15 is 0 Å². The maximum Gasteiger partial charge on any atom is 0.247 e. The van der Waals surface area contributed by atoms with E-state index in [0.29, 0.717) is 23.1 Å². The fraction of sp³-hybridized carbons (Fsp3) is 0.471. The number of thiocarbonyl (C=S) groups is 1. The number of nitrogens with zero attached hydrogens (tertiary/aromatic N) is 2. The number of hydrogen-bond acceptors (Lipinski definition) is 5. The van der Waals surface area contributed by atoms with E-state index in [1.165, 1.54) is 16.7 Å². The maximum absolute atomic E-state index is 12.7. The van der Waals surface area contributed by atoms with Gasteiger partial charge in [0.25, 0.3) is 0 Å². The number of benzene rings is 1. The lowest BCUT2D eigenvalue weighted by Crippen LogP contribution is -2.47. The van der Waals surface area contributed by atoms with E-state index in [1.54, 1.807) is 12.1 Å². The summed E-state index contributed by atoms with van der Waals surface area (Å²) in [6, 6.07) is 7.37. The molecule has 0 N–H and O–H groups in total. The molecule has 134 valence electrons. The number of ether oxygens (including phenoxy) is 1. The highest BCUT2D eigenvalue weighted by molar-refractivity contribution is 14.1. The first-order valence-corrected chi connectivity index (χ1v) is 10.4. The molecular formula is C17H19IN2O3S2. The molecule has 2 aliphatic rings. The average Bonchev–Trinajstić information content (AvgIpc) is 2.81. The lowest BCUT2D eigenvalue weighted by molar-refractivity contribution is -0.121. The zero-order chi connectivity index (χ0) is 18.1. The molecule has 5 nitrogen and oxygen atoms in total. The van der Waals surface area contributed by atoms with Crippen molar-refractivity contribution in [3.63, 3.8) is 0 Å². The van der Waals surface area contributed by atoms with Gasteiger partial charge < -0.3 is 9.64 Å². The van der Waals surface area contributed by atoms with Crippen LogP contribution in [0.25, 0.3) is 0 Å². The smallest absolute Gasteiger partial charge is 0.247 e. The van der Waals surface area contributed by atoms with E-state index in [9.17, 15) is 9.59 Å². The van der Waals surface area contributed by atoms with Gasteiger partial charge in [0.05, 0.1) is 17.9 Å². The third kappa shape index (κ3) is 4.35. The molecule has 1 aromatic rings. The van der Waals surface area contributed by atoms with Gasteiger partial charge in [-0.3, -0.25) is 9.59 Å². The van der Waals surface area contributed by atoms with Gasteiger partial charge in [-0.2, -0.15) is 0 Å². The molecule has 2 amide bonds. The second-order valence-electron chi connectivity index (χ2n) is 6.28. The number of thioether (sulfide) groups is 1. The van der Waals surface area contributed by atoms with Gasteiger partial charge in [0.1, 0.15) is 9.57 Å². The zero-order valence-corrected chi connectivity index (χ0v) is 17.8. The molecule has 1 aromatic carbocycles. The summed E-state index contributed by atoms with van der Waals surface area (Å²) < 4.78 is 7.44. The summed E-state index contributed by atoms with van der Waals surface area (Å²) in [4.78, 5) is 28.4. The molecule has 25 heavy (non-hydrogen) atoms. The Kier molecular flexibility index (Phi) is 6.02. The fourth-order valence-corrected chi connectivity index (χ4v) is 4.91. The third-order valence-electron chi connectivity index (χ3n) is 4.11. The topological polar surface area (TPSA) is 49.9 Å². The van der Waals surface area contributed by atoms with Gasteiger partial charge in [-0.1, -0.05) is 24.0 Å². The number of rotatable bonds is 2. The van der Waals surface area contributed by atoms with Crippen molar-refractivity contribution in [2.45, 2.75) is 37.7 Å². The summed E-state index contributed by atoms with van der Waals surface area (Å²) >= 11 is 9.04. The van der Waals surface area contributed by atoms with Crippen LogP contribution in [0.1, 0.15) is 20.3 Å². The summed E-state index contributed by atoms with van der Waals surface area (Å²) in [6.07, 6.45) is 0.392. The maximum atomic E-state index is 12.7. The molecule has 0 aromatic heterocycles. The van der Waals surface area contributed by atoms with Crippen LogP contribution in [0.2, 0.25) is 0 Å². The number of halogens is 1. The van der Waals surface area contributed by atoms with Gasteiger partial charge in [0.2, 0.25) is 11.8 Å². The molecule has 0 saturated carbocycles.